The monoisotopic (exact) mass is 259 g/mol. The molecule has 2 rings (SSSR count). The maximum absolute atomic E-state index is 12.0. The van der Waals surface area contributed by atoms with Crippen molar-refractivity contribution in [3.8, 4) is 6.07 Å². The van der Waals surface area contributed by atoms with Crippen molar-refractivity contribution >= 4 is 23.3 Å². The van der Waals surface area contributed by atoms with E-state index in [1.165, 1.54) is 4.90 Å². The summed E-state index contributed by atoms with van der Waals surface area (Å²) in [5.41, 5.74) is 1.72. The van der Waals surface area contributed by atoms with Gasteiger partial charge in [0.25, 0.3) is 0 Å². The molecule has 1 aromatic rings. The summed E-state index contributed by atoms with van der Waals surface area (Å²) >= 11 is 0. The lowest BCUT2D eigenvalue weighted by atomic mass is 10.1. The lowest BCUT2D eigenvalue weighted by molar-refractivity contribution is -0.137. The van der Waals surface area contributed by atoms with Crippen LogP contribution in [0.2, 0.25) is 0 Å². The molecule has 6 nitrogen and oxygen atoms in total. The molecule has 1 aliphatic heterocycles. The number of rotatable bonds is 3. The zero-order valence-electron chi connectivity index (χ0n) is 10.4. The molecule has 0 aliphatic carbocycles. The summed E-state index contributed by atoms with van der Waals surface area (Å²) in [7, 11) is 0. The first kappa shape index (κ1) is 12.9. The predicted molar refractivity (Wildman–Crippen MR) is 68.8 cm³/mol. The number of fused-ring (bicyclic) bond motifs is 1. The molecule has 0 fully saturated rings. The number of nitriles is 1. The number of carboxylic acids is 1. The number of hydrogen-bond acceptors (Lipinski definition) is 4. The third-order valence-electron chi connectivity index (χ3n) is 3.00. The topological polar surface area (TPSA) is 93.4 Å². The molecule has 2 N–H and O–H groups in total. The second kappa shape index (κ2) is 4.98. The molecule has 19 heavy (non-hydrogen) atoms. The van der Waals surface area contributed by atoms with Crippen LogP contribution in [-0.4, -0.2) is 29.6 Å². The van der Waals surface area contributed by atoms with Crippen molar-refractivity contribution in [2.75, 3.05) is 16.8 Å². The van der Waals surface area contributed by atoms with Crippen LogP contribution in [0.5, 0.6) is 0 Å². The minimum Gasteiger partial charge on any atom is -0.481 e. The molecule has 98 valence electrons. The Morgan fingerprint density at radius 1 is 1.63 bits per heavy atom. The van der Waals surface area contributed by atoms with E-state index < -0.39 is 12.0 Å². The number of aliphatic carboxylic acids is 1. The highest BCUT2D eigenvalue weighted by atomic mass is 16.4. The van der Waals surface area contributed by atoms with Gasteiger partial charge in [0.05, 0.1) is 36.0 Å². The summed E-state index contributed by atoms with van der Waals surface area (Å²) in [5.74, 6) is -1.16. The van der Waals surface area contributed by atoms with Crippen molar-refractivity contribution in [1.82, 2.24) is 0 Å². The highest BCUT2D eigenvalue weighted by molar-refractivity contribution is 6.03. The first-order valence-electron chi connectivity index (χ1n) is 5.85. The van der Waals surface area contributed by atoms with Gasteiger partial charge in [-0.25, -0.2) is 0 Å². The van der Waals surface area contributed by atoms with Crippen LogP contribution in [-0.2, 0) is 9.59 Å². The Hall–Kier alpha value is -2.55. The number of benzene rings is 1. The lowest BCUT2D eigenvalue weighted by Gasteiger charge is -2.34. The molecule has 0 saturated heterocycles. The van der Waals surface area contributed by atoms with Gasteiger partial charge in [0.1, 0.15) is 0 Å². The number of nitrogens with one attached hydrogen (secondary N) is 1. The van der Waals surface area contributed by atoms with E-state index in [0.717, 1.165) is 5.69 Å². The standard InChI is InChI=1S/C13H13N3O3/c1-8(4-13(18)19)16-11-5-9(6-14)2-3-10(11)15-7-12(16)17/h2-3,5,8,15H,4,7H2,1H3,(H,18,19). The van der Waals surface area contributed by atoms with Crippen molar-refractivity contribution in [3.63, 3.8) is 0 Å². The van der Waals surface area contributed by atoms with Crippen molar-refractivity contribution in [3.05, 3.63) is 23.8 Å². The molecule has 0 radical (unpaired) electrons. The number of carbonyl (C=O) groups is 2. The molecule has 0 saturated carbocycles. The zero-order valence-corrected chi connectivity index (χ0v) is 10.4. The Kier molecular flexibility index (Phi) is 3.38. The largest absolute Gasteiger partial charge is 0.481 e. The fraction of sp³-hybridized carbons (Fsp3) is 0.308. The first-order valence-corrected chi connectivity index (χ1v) is 5.85. The molecule has 0 spiro atoms. The van der Waals surface area contributed by atoms with Gasteiger partial charge in [-0.2, -0.15) is 5.26 Å². The van der Waals surface area contributed by atoms with Crippen molar-refractivity contribution in [1.29, 1.82) is 5.26 Å². The molecule has 0 bridgehead atoms. The van der Waals surface area contributed by atoms with Crippen LogP contribution in [0.4, 0.5) is 11.4 Å². The number of nitrogens with zero attached hydrogens (tertiary/aromatic N) is 2. The van der Waals surface area contributed by atoms with Gasteiger partial charge in [0.15, 0.2) is 0 Å². The second-order valence-electron chi connectivity index (χ2n) is 4.41. The highest BCUT2D eigenvalue weighted by Gasteiger charge is 2.29. The van der Waals surface area contributed by atoms with Crippen LogP contribution in [0.1, 0.15) is 18.9 Å². The third-order valence-corrected chi connectivity index (χ3v) is 3.00. The summed E-state index contributed by atoms with van der Waals surface area (Å²) in [6.45, 7) is 1.81. The smallest absolute Gasteiger partial charge is 0.305 e. The molecular formula is C13H13N3O3. The number of amides is 1. The van der Waals surface area contributed by atoms with Crippen LogP contribution in [0.25, 0.3) is 0 Å². The quantitative estimate of drug-likeness (QED) is 0.850. The minimum absolute atomic E-state index is 0.128. The van der Waals surface area contributed by atoms with Crippen LogP contribution in [0.15, 0.2) is 18.2 Å². The average molecular weight is 259 g/mol. The van der Waals surface area contributed by atoms with Gasteiger partial charge >= 0.3 is 5.97 Å². The Morgan fingerprint density at radius 3 is 3.00 bits per heavy atom. The van der Waals surface area contributed by atoms with E-state index >= 15 is 0 Å². The van der Waals surface area contributed by atoms with E-state index in [0.29, 0.717) is 11.3 Å². The van der Waals surface area contributed by atoms with Gasteiger partial charge in [0.2, 0.25) is 5.91 Å². The average Bonchev–Trinajstić information content (AvgIpc) is 2.36. The second-order valence-corrected chi connectivity index (χ2v) is 4.41. The number of anilines is 2. The maximum Gasteiger partial charge on any atom is 0.305 e. The van der Waals surface area contributed by atoms with Gasteiger partial charge in [-0.05, 0) is 25.1 Å². The highest BCUT2D eigenvalue weighted by Crippen LogP contribution is 2.32. The van der Waals surface area contributed by atoms with E-state index in [2.05, 4.69) is 5.32 Å². The normalized spacial score (nSPS) is 15.2. The van der Waals surface area contributed by atoms with E-state index in [1.54, 1.807) is 25.1 Å². The van der Waals surface area contributed by atoms with E-state index in [1.807, 2.05) is 6.07 Å². The van der Waals surface area contributed by atoms with Gasteiger partial charge in [-0.3, -0.25) is 9.59 Å². The summed E-state index contributed by atoms with van der Waals surface area (Å²) in [6.07, 6.45) is -0.137. The van der Waals surface area contributed by atoms with Crippen LogP contribution < -0.4 is 10.2 Å². The summed E-state index contributed by atoms with van der Waals surface area (Å²) < 4.78 is 0. The van der Waals surface area contributed by atoms with Crippen LogP contribution in [0.3, 0.4) is 0 Å². The van der Waals surface area contributed by atoms with Gasteiger partial charge in [0, 0.05) is 6.04 Å². The first-order chi connectivity index (χ1) is 9.02. The van der Waals surface area contributed by atoms with Crippen LogP contribution in [0, 0.1) is 11.3 Å². The predicted octanol–water partition coefficient (Wildman–Crippen LogP) is 1.18. The van der Waals surface area contributed by atoms with Gasteiger partial charge in [-0.15, -0.1) is 0 Å². The Labute approximate surface area is 110 Å². The Morgan fingerprint density at radius 2 is 2.37 bits per heavy atom. The Balaban J connectivity index is 2.42. The third kappa shape index (κ3) is 2.50. The number of carbonyl (C=O) groups excluding carboxylic acids is 1. The number of carboxylic acid groups (broad SMARTS) is 1. The summed E-state index contributed by atoms with van der Waals surface area (Å²) in [6, 6.07) is 6.52. The van der Waals surface area contributed by atoms with E-state index in [-0.39, 0.29) is 18.9 Å². The van der Waals surface area contributed by atoms with Crippen molar-refractivity contribution in [2.45, 2.75) is 19.4 Å². The lowest BCUT2D eigenvalue weighted by Crippen LogP contribution is -2.46. The van der Waals surface area contributed by atoms with Crippen molar-refractivity contribution in [2.24, 2.45) is 0 Å². The molecule has 1 heterocycles. The molecule has 1 amide bonds. The SMILES string of the molecule is CC(CC(=O)O)N1C(=O)CNc2ccc(C#N)cc21. The maximum atomic E-state index is 12.0. The van der Waals surface area contributed by atoms with Crippen LogP contribution >= 0.6 is 0 Å². The Bertz CT molecular complexity index is 577. The molecule has 1 aliphatic rings. The van der Waals surface area contributed by atoms with Gasteiger partial charge in [-0.1, -0.05) is 0 Å². The summed E-state index contributed by atoms with van der Waals surface area (Å²) in [4.78, 5) is 24.2. The van der Waals surface area contributed by atoms with E-state index in [9.17, 15) is 9.59 Å². The minimum atomic E-state index is -0.961. The molecule has 0 aromatic heterocycles. The molecule has 1 atom stereocenters. The number of hydrogen-bond donors (Lipinski definition) is 2. The molecule has 1 unspecified atom stereocenters. The molecule has 1 aromatic carbocycles. The van der Waals surface area contributed by atoms with Gasteiger partial charge < -0.3 is 15.3 Å². The fourth-order valence-corrected chi connectivity index (χ4v) is 2.17. The molecular weight excluding hydrogens is 246 g/mol. The molecule has 6 heteroatoms. The van der Waals surface area contributed by atoms with E-state index in [4.69, 9.17) is 10.4 Å². The summed E-state index contributed by atoms with van der Waals surface area (Å²) in [5, 5.41) is 20.7. The zero-order chi connectivity index (χ0) is 14.0. The fourth-order valence-electron chi connectivity index (χ4n) is 2.17. The van der Waals surface area contributed by atoms with Crippen molar-refractivity contribution < 1.29 is 14.7 Å².